The van der Waals surface area contributed by atoms with Gasteiger partial charge in [-0.05, 0) is 19.8 Å². The van der Waals surface area contributed by atoms with Gasteiger partial charge in [0.15, 0.2) is 0 Å². The topological polar surface area (TPSA) is 24.5 Å². The maximum atomic E-state index is 5.32. The molecule has 3 atom stereocenters. The molecule has 3 nitrogen and oxygen atoms in total. The zero-order valence-corrected chi connectivity index (χ0v) is 12.0. The summed E-state index contributed by atoms with van der Waals surface area (Å²) in [6, 6.07) is 1.91. The Morgan fingerprint density at radius 1 is 1.29 bits per heavy atom. The highest BCUT2D eigenvalue weighted by Gasteiger charge is 2.29. The molecule has 1 heterocycles. The minimum Gasteiger partial charge on any atom is -0.383 e. The van der Waals surface area contributed by atoms with Crippen LogP contribution in [0.25, 0.3) is 0 Å². The fourth-order valence-corrected chi connectivity index (χ4v) is 2.91. The average molecular weight is 242 g/mol. The van der Waals surface area contributed by atoms with E-state index in [1.807, 2.05) is 0 Å². The number of piperazine rings is 1. The third-order valence-electron chi connectivity index (χ3n) is 3.78. The summed E-state index contributed by atoms with van der Waals surface area (Å²) in [6.45, 7) is 10.0. The van der Waals surface area contributed by atoms with Gasteiger partial charge in [-0.3, -0.25) is 4.90 Å². The molecule has 1 rings (SSSR count). The SMILES string of the molecule is CCCC1CN(C(C)COC)C(CCC)CN1. The lowest BCUT2D eigenvalue weighted by molar-refractivity contribution is 0.0366. The van der Waals surface area contributed by atoms with E-state index < -0.39 is 0 Å². The van der Waals surface area contributed by atoms with Crippen LogP contribution in [0, 0.1) is 0 Å². The molecule has 0 amide bonds. The maximum absolute atomic E-state index is 5.32. The fraction of sp³-hybridized carbons (Fsp3) is 1.00. The molecule has 1 N–H and O–H groups in total. The van der Waals surface area contributed by atoms with Crippen molar-refractivity contribution in [3.05, 3.63) is 0 Å². The number of hydrogen-bond acceptors (Lipinski definition) is 3. The van der Waals surface area contributed by atoms with Crippen LogP contribution in [-0.4, -0.2) is 49.8 Å². The van der Waals surface area contributed by atoms with Gasteiger partial charge in [0.2, 0.25) is 0 Å². The molecule has 1 fully saturated rings. The van der Waals surface area contributed by atoms with Crippen LogP contribution < -0.4 is 5.32 Å². The summed E-state index contributed by atoms with van der Waals surface area (Å²) in [4.78, 5) is 2.66. The van der Waals surface area contributed by atoms with Gasteiger partial charge in [-0.15, -0.1) is 0 Å². The van der Waals surface area contributed by atoms with E-state index in [-0.39, 0.29) is 0 Å². The minimum absolute atomic E-state index is 0.540. The lowest BCUT2D eigenvalue weighted by Crippen LogP contribution is -2.59. The van der Waals surface area contributed by atoms with Crippen LogP contribution in [0.5, 0.6) is 0 Å². The molecule has 0 radical (unpaired) electrons. The molecule has 0 aliphatic carbocycles. The molecule has 17 heavy (non-hydrogen) atoms. The van der Waals surface area contributed by atoms with Crippen LogP contribution in [0.15, 0.2) is 0 Å². The van der Waals surface area contributed by atoms with E-state index in [0.717, 1.165) is 13.2 Å². The Morgan fingerprint density at radius 3 is 2.59 bits per heavy atom. The predicted octanol–water partition coefficient (Wildman–Crippen LogP) is 2.26. The van der Waals surface area contributed by atoms with Crippen LogP contribution in [0.2, 0.25) is 0 Å². The molecule has 0 aromatic heterocycles. The van der Waals surface area contributed by atoms with Crippen molar-refractivity contribution in [1.82, 2.24) is 10.2 Å². The van der Waals surface area contributed by atoms with Gasteiger partial charge in [-0.2, -0.15) is 0 Å². The first kappa shape index (κ1) is 14.9. The zero-order chi connectivity index (χ0) is 12.7. The van der Waals surface area contributed by atoms with Gasteiger partial charge in [0.1, 0.15) is 0 Å². The van der Waals surface area contributed by atoms with Crippen LogP contribution in [0.4, 0.5) is 0 Å². The third kappa shape index (κ3) is 4.57. The quantitative estimate of drug-likeness (QED) is 0.741. The van der Waals surface area contributed by atoms with Crippen molar-refractivity contribution in [2.75, 3.05) is 26.8 Å². The smallest absolute Gasteiger partial charge is 0.0615 e. The van der Waals surface area contributed by atoms with Crippen molar-refractivity contribution in [2.24, 2.45) is 0 Å². The number of nitrogens with zero attached hydrogens (tertiary/aromatic N) is 1. The Balaban J connectivity index is 2.55. The van der Waals surface area contributed by atoms with Crippen molar-refractivity contribution in [3.8, 4) is 0 Å². The van der Waals surface area contributed by atoms with Gasteiger partial charge >= 0.3 is 0 Å². The monoisotopic (exact) mass is 242 g/mol. The third-order valence-corrected chi connectivity index (χ3v) is 3.78. The van der Waals surface area contributed by atoms with Gasteiger partial charge in [0.25, 0.3) is 0 Å². The molecule has 102 valence electrons. The molecule has 0 aromatic rings. The Morgan fingerprint density at radius 2 is 2.00 bits per heavy atom. The Bertz CT molecular complexity index is 199. The largest absolute Gasteiger partial charge is 0.383 e. The lowest BCUT2D eigenvalue weighted by atomic mass is 10.0. The van der Waals surface area contributed by atoms with E-state index in [4.69, 9.17) is 4.74 Å². The summed E-state index contributed by atoms with van der Waals surface area (Å²) in [5.74, 6) is 0. The maximum Gasteiger partial charge on any atom is 0.0615 e. The van der Waals surface area contributed by atoms with Crippen LogP contribution in [0.1, 0.15) is 46.5 Å². The summed E-state index contributed by atoms with van der Waals surface area (Å²) in [5, 5.41) is 3.70. The summed E-state index contributed by atoms with van der Waals surface area (Å²) >= 11 is 0. The van der Waals surface area contributed by atoms with Crippen LogP contribution >= 0.6 is 0 Å². The summed E-state index contributed by atoms with van der Waals surface area (Å²) < 4.78 is 5.32. The second kappa shape index (κ2) is 8.06. The predicted molar refractivity (Wildman–Crippen MR) is 73.4 cm³/mol. The molecular weight excluding hydrogens is 212 g/mol. The number of methoxy groups -OCH3 is 1. The van der Waals surface area contributed by atoms with Crippen molar-refractivity contribution in [3.63, 3.8) is 0 Å². The van der Waals surface area contributed by atoms with Gasteiger partial charge < -0.3 is 10.1 Å². The molecule has 3 unspecified atom stereocenters. The molecule has 3 heteroatoms. The molecule has 1 aliphatic rings. The summed E-state index contributed by atoms with van der Waals surface area (Å²) in [5.41, 5.74) is 0. The fourth-order valence-electron chi connectivity index (χ4n) is 2.91. The standard InChI is InChI=1S/C14H30N2O/c1-5-7-13-10-16(12(3)11-17-4)14(8-6-2)9-15-13/h12-15H,5-11H2,1-4H3. The highest BCUT2D eigenvalue weighted by molar-refractivity contribution is 4.88. The van der Waals surface area contributed by atoms with E-state index in [1.54, 1.807) is 7.11 Å². The molecule has 1 aliphatic heterocycles. The van der Waals surface area contributed by atoms with Gasteiger partial charge in [0, 0.05) is 38.3 Å². The lowest BCUT2D eigenvalue weighted by Gasteiger charge is -2.43. The van der Waals surface area contributed by atoms with E-state index in [9.17, 15) is 0 Å². The minimum atomic E-state index is 0.540. The van der Waals surface area contributed by atoms with Crippen LogP contribution in [-0.2, 0) is 4.74 Å². The molecule has 0 aromatic carbocycles. The molecule has 1 saturated heterocycles. The number of nitrogens with one attached hydrogen (secondary N) is 1. The first-order valence-electron chi connectivity index (χ1n) is 7.20. The number of ether oxygens (including phenoxy) is 1. The first-order valence-corrected chi connectivity index (χ1v) is 7.20. The number of hydrogen-bond donors (Lipinski definition) is 1. The Labute approximate surface area is 107 Å². The van der Waals surface area contributed by atoms with Gasteiger partial charge in [0.05, 0.1) is 6.61 Å². The average Bonchev–Trinajstić information content (AvgIpc) is 2.32. The van der Waals surface area contributed by atoms with Crippen molar-refractivity contribution < 1.29 is 4.74 Å². The highest BCUT2D eigenvalue weighted by Crippen LogP contribution is 2.17. The second-order valence-electron chi connectivity index (χ2n) is 5.34. The van der Waals surface area contributed by atoms with Gasteiger partial charge in [-0.1, -0.05) is 26.7 Å². The van der Waals surface area contributed by atoms with E-state index in [1.165, 1.54) is 32.2 Å². The molecule has 0 saturated carbocycles. The molecule has 0 bridgehead atoms. The number of rotatable bonds is 7. The van der Waals surface area contributed by atoms with E-state index in [0.29, 0.717) is 18.1 Å². The molecule has 0 spiro atoms. The van der Waals surface area contributed by atoms with Crippen molar-refractivity contribution in [2.45, 2.75) is 64.6 Å². The second-order valence-corrected chi connectivity index (χ2v) is 5.34. The molecular formula is C14H30N2O. The van der Waals surface area contributed by atoms with Gasteiger partial charge in [-0.25, -0.2) is 0 Å². The van der Waals surface area contributed by atoms with E-state index in [2.05, 4.69) is 31.0 Å². The Hall–Kier alpha value is -0.120. The normalized spacial score (nSPS) is 28.2. The van der Waals surface area contributed by atoms with Crippen molar-refractivity contribution in [1.29, 1.82) is 0 Å². The van der Waals surface area contributed by atoms with Crippen LogP contribution in [0.3, 0.4) is 0 Å². The van der Waals surface area contributed by atoms with E-state index >= 15 is 0 Å². The summed E-state index contributed by atoms with van der Waals surface area (Å²) in [7, 11) is 1.80. The summed E-state index contributed by atoms with van der Waals surface area (Å²) in [6.07, 6.45) is 5.11. The van der Waals surface area contributed by atoms with Crippen molar-refractivity contribution >= 4 is 0 Å². The highest BCUT2D eigenvalue weighted by atomic mass is 16.5. The Kier molecular flexibility index (Phi) is 7.09. The first-order chi connectivity index (χ1) is 8.22. The zero-order valence-electron chi connectivity index (χ0n) is 12.0.